The smallest absolute Gasteiger partial charge is 0.326 e. The number of rotatable bonds is 10. The van der Waals surface area contributed by atoms with Gasteiger partial charge in [0, 0.05) is 11.8 Å². The van der Waals surface area contributed by atoms with Crippen molar-refractivity contribution >= 4 is 28.7 Å². The van der Waals surface area contributed by atoms with Gasteiger partial charge in [-0.2, -0.15) is 0 Å². The van der Waals surface area contributed by atoms with E-state index in [1.54, 1.807) is 55.1 Å². The van der Waals surface area contributed by atoms with Gasteiger partial charge in [-0.15, -0.1) is 0 Å². The Hall–Kier alpha value is -4.66. The molecule has 2 atom stereocenters. The number of aromatic nitrogens is 2. The zero-order chi connectivity index (χ0) is 28.6. The molecule has 1 heterocycles. The maximum atomic E-state index is 13.9. The monoisotopic (exact) mass is 542 g/mol. The molecule has 1 aromatic heterocycles. The summed E-state index contributed by atoms with van der Waals surface area (Å²) in [5.41, 5.74) is 2.17. The van der Waals surface area contributed by atoms with Gasteiger partial charge in [-0.1, -0.05) is 48.5 Å². The highest BCUT2D eigenvalue weighted by molar-refractivity contribution is 5.90. The van der Waals surface area contributed by atoms with Gasteiger partial charge in [0.2, 0.25) is 0 Å². The lowest BCUT2D eigenvalue weighted by Gasteiger charge is -2.34. The zero-order valence-electron chi connectivity index (χ0n) is 23.2. The number of nitrogens with zero attached hydrogens (tertiary/aromatic N) is 3. The third-order valence-electron chi connectivity index (χ3n) is 6.61. The molecule has 208 valence electrons. The number of ether oxygens (including phenoxy) is 2. The van der Waals surface area contributed by atoms with Crippen LogP contribution in [-0.4, -0.2) is 39.7 Å². The summed E-state index contributed by atoms with van der Waals surface area (Å²) >= 11 is 0. The highest BCUT2D eigenvalue weighted by Crippen LogP contribution is 2.30. The summed E-state index contributed by atoms with van der Waals surface area (Å²) in [5.74, 6) is 0.107. The van der Waals surface area contributed by atoms with Crippen LogP contribution in [0.4, 0.5) is 10.5 Å². The first-order valence-corrected chi connectivity index (χ1v) is 13.4. The van der Waals surface area contributed by atoms with Crippen LogP contribution >= 0.6 is 0 Å². The van der Waals surface area contributed by atoms with Crippen LogP contribution in [0.3, 0.4) is 0 Å². The largest absolute Gasteiger partial charge is 0.494 e. The molecule has 3 aromatic carbocycles. The van der Waals surface area contributed by atoms with Crippen LogP contribution < -0.4 is 15.6 Å². The van der Waals surface area contributed by atoms with Crippen molar-refractivity contribution in [3.8, 4) is 5.75 Å². The SMILES string of the molecule is CCOC(=O)Cn1c(=O)c(C(C)N(C(=O)Nc2cccc(OCC)c2)C(C)c2ccccc2)nc2ccccc21. The highest BCUT2D eigenvalue weighted by Gasteiger charge is 2.31. The normalized spacial score (nSPS) is 12.4. The Morgan fingerprint density at radius 2 is 1.65 bits per heavy atom. The van der Waals surface area contributed by atoms with E-state index >= 15 is 0 Å². The summed E-state index contributed by atoms with van der Waals surface area (Å²) in [4.78, 5) is 46.4. The number of nitrogens with one attached hydrogen (secondary N) is 1. The van der Waals surface area contributed by atoms with Gasteiger partial charge in [-0.05, 0) is 57.5 Å². The summed E-state index contributed by atoms with van der Waals surface area (Å²) in [6, 6.07) is 22.2. The number of carbonyl (C=O) groups is 2. The fraction of sp³-hybridized carbons (Fsp3) is 0.290. The molecule has 0 aliphatic carbocycles. The van der Waals surface area contributed by atoms with E-state index in [2.05, 4.69) is 10.3 Å². The fourth-order valence-electron chi connectivity index (χ4n) is 4.71. The lowest BCUT2D eigenvalue weighted by atomic mass is 10.0. The molecule has 1 N–H and O–H groups in total. The van der Waals surface area contributed by atoms with Crippen molar-refractivity contribution in [3.63, 3.8) is 0 Å². The maximum Gasteiger partial charge on any atom is 0.326 e. The molecule has 2 amide bonds. The van der Waals surface area contributed by atoms with E-state index in [1.807, 2.05) is 56.3 Å². The quantitative estimate of drug-likeness (QED) is 0.257. The van der Waals surface area contributed by atoms with E-state index in [0.717, 1.165) is 5.56 Å². The highest BCUT2D eigenvalue weighted by atomic mass is 16.5. The third kappa shape index (κ3) is 6.31. The number of carbonyl (C=O) groups excluding carboxylic acids is 2. The Kier molecular flexibility index (Phi) is 9.16. The number of benzene rings is 3. The number of esters is 1. The minimum atomic E-state index is -0.754. The van der Waals surface area contributed by atoms with Gasteiger partial charge in [-0.3, -0.25) is 14.2 Å². The average molecular weight is 543 g/mol. The first kappa shape index (κ1) is 28.4. The van der Waals surface area contributed by atoms with E-state index in [9.17, 15) is 14.4 Å². The minimum absolute atomic E-state index is 0.143. The standard InChI is InChI=1S/C31H34N4O5/c1-5-39-25-16-12-15-24(19-25)32-31(38)35(21(3)23-13-8-7-9-14-23)22(4)29-30(37)34(20-28(36)40-6-2)27-18-11-10-17-26(27)33-29/h7-19,21-22H,5-6,20H2,1-4H3,(H,32,38). The van der Waals surface area contributed by atoms with E-state index < -0.39 is 29.6 Å². The van der Waals surface area contributed by atoms with Gasteiger partial charge in [0.05, 0.1) is 36.3 Å². The number of hydrogen-bond acceptors (Lipinski definition) is 6. The second kappa shape index (κ2) is 12.9. The zero-order valence-corrected chi connectivity index (χ0v) is 23.2. The van der Waals surface area contributed by atoms with Crippen molar-refractivity contribution in [2.45, 2.75) is 46.3 Å². The second-order valence-corrected chi connectivity index (χ2v) is 9.24. The molecule has 9 nitrogen and oxygen atoms in total. The molecule has 2 unspecified atom stereocenters. The molecule has 0 saturated heterocycles. The molecule has 9 heteroatoms. The molecule has 0 saturated carbocycles. The Morgan fingerprint density at radius 3 is 2.38 bits per heavy atom. The van der Waals surface area contributed by atoms with Crippen molar-refractivity contribution in [1.29, 1.82) is 0 Å². The maximum absolute atomic E-state index is 13.9. The van der Waals surface area contributed by atoms with Gasteiger partial charge < -0.3 is 19.7 Å². The van der Waals surface area contributed by atoms with Crippen molar-refractivity contribution in [1.82, 2.24) is 14.5 Å². The molecule has 4 aromatic rings. The molecular formula is C31H34N4O5. The van der Waals surface area contributed by atoms with Crippen molar-refractivity contribution in [2.75, 3.05) is 18.5 Å². The lowest BCUT2D eigenvalue weighted by molar-refractivity contribution is -0.143. The number of urea groups is 1. The van der Waals surface area contributed by atoms with Gasteiger partial charge >= 0.3 is 12.0 Å². The Bertz CT molecular complexity index is 1540. The van der Waals surface area contributed by atoms with Crippen molar-refractivity contribution < 1.29 is 19.1 Å². The van der Waals surface area contributed by atoms with E-state index in [4.69, 9.17) is 9.47 Å². The number of hydrogen-bond donors (Lipinski definition) is 1. The molecule has 0 aliphatic rings. The van der Waals surface area contributed by atoms with Crippen LogP contribution in [0.5, 0.6) is 5.75 Å². The van der Waals surface area contributed by atoms with Crippen LogP contribution in [0.15, 0.2) is 83.7 Å². The first-order valence-electron chi connectivity index (χ1n) is 13.4. The molecule has 0 fully saturated rings. The van der Waals surface area contributed by atoms with E-state index in [-0.39, 0.29) is 18.8 Å². The number of anilines is 1. The number of para-hydroxylation sites is 2. The van der Waals surface area contributed by atoms with Gasteiger partial charge in [0.15, 0.2) is 0 Å². The Balaban J connectivity index is 1.79. The van der Waals surface area contributed by atoms with Gasteiger partial charge in [0.1, 0.15) is 18.0 Å². The molecule has 40 heavy (non-hydrogen) atoms. The summed E-state index contributed by atoms with van der Waals surface area (Å²) in [5, 5.41) is 2.96. The van der Waals surface area contributed by atoms with E-state index in [1.165, 1.54) is 4.57 Å². The summed E-state index contributed by atoms with van der Waals surface area (Å²) in [6.07, 6.45) is 0. The lowest BCUT2D eigenvalue weighted by Crippen LogP contribution is -2.42. The predicted octanol–water partition coefficient (Wildman–Crippen LogP) is 5.71. The van der Waals surface area contributed by atoms with Crippen molar-refractivity contribution in [3.05, 3.63) is 100 Å². The van der Waals surface area contributed by atoms with Crippen LogP contribution in [-0.2, 0) is 16.1 Å². The third-order valence-corrected chi connectivity index (χ3v) is 6.61. The molecule has 0 radical (unpaired) electrons. The second-order valence-electron chi connectivity index (χ2n) is 9.24. The Morgan fingerprint density at radius 1 is 0.925 bits per heavy atom. The Labute approximate surface area is 233 Å². The summed E-state index contributed by atoms with van der Waals surface area (Å²) in [7, 11) is 0. The first-order chi connectivity index (χ1) is 19.3. The molecule has 0 aliphatic heterocycles. The minimum Gasteiger partial charge on any atom is -0.494 e. The predicted molar refractivity (Wildman–Crippen MR) is 154 cm³/mol. The van der Waals surface area contributed by atoms with Crippen LogP contribution in [0, 0.1) is 0 Å². The van der Waals surface area contributed by atoms with Gasteiger partial charge in [0.25, 0.3) is 5.56 Å². The molecule has 0 spiro atoms. The topological polar surface area (TPSA) is 103 Å². The summed E-state index contributed by atoms with van der Waals surface area (Å²) < 4.78 is 12.1. The van der Waals surface area contributed by atoms with Crippen molar-refractivity contribution in [2.24, 2.45) is 0 Å². The van der Waals surface area contributed by atoms with Crippen LogP contribution in [0.1, 0.15) is 51.0 Å². The van der Waals surface area contributed by atoms with Gasteiger partial charge in [-0.25, -0.2) is 9.78 Å². The summed E-state index contributed by atoms with van der Waals surface area (Å²) in [6.45, 7) is 7.71. The van der Waals surface area contributed by atoms with Crippen LogP contribution in [0.2, 0.25) is 0 Å². The number of fused-ring (bicyclic) bond motifs is 1. The molecule has 4 rings (SSSR count). The number of amides is 2. The fourth-order valence-corrected chi connectivity index (χ4v) is 4.71. The van der Waals surface area contributed by atoms with E-state index in [0.29, 0.717) is 29.1 Å². The average Bonchev–Trinajstić information content (AvgIpc) is 2.95. The van der Waals surface area contributed by atoms with Crippen LogP contribution in [0.25, 0.3) is 11.0 Å². The molecular weight excluding hydrogens is 508 g/mol. The molecule has 0 bridgehead atoms.